The highest BCUT2D eigenvalue weighted by molar-refractivity contribution is 5.43. The molecule has 2 rings (SSSR count). The Morgan fingerprint density at radius 3 is 2.39 bits per heavy atom. The maximum atomic E-state index is 5.31. The smallest absolute Gasteiger partial charge is 0.160 e. The van der Waals surface area contributed by atoms with Crippen LogP contribution < -0.4 is 9.47 Å². The molecule has 0 unspecified atom stereocenters. The van der Waals surface area contributed by atoms with Gasteiger partial charge in [0.2, 0.25) is 0 Å². The number of hydrogen-bond acceptors (Lipinski definition) is 2. The van der Waals surface area contributed by atoms with E-state index in [9.17, 15) is 0 Å². The first kappa shape index (κ1) is 12.6. The van der Waals surface area contributed by atoms with E-state index in [-0.39, 0.29) is 0 Å². The summed E-state index contributed by atoms with van der Waals surface area (Å²) in [5.74, 6) is 1.57. The van der Waals surface area contributed by atoms with Crippen LogP contribution in [0.5, 0.6) is 11.5 Å². The van der Waals surface area contributed by atoms with Crippen LogP contribution in [-0.4, -0.2) is 18.8 Å². The lowest BCUT2D eigenvalue weighted by Crippen LogP contribution is -1.99. The summed E-state index contributed by atoms with van der Waals surface area (Å²) in [6, 6.07) is 10.3. The van der Waals surface area contributed by atoms with Gasteiger partial charge >= 0.3 is 0 Å². The average Bonchev–Trinajstić information content (AvgIpc) is 2.81. The maximum Gasteiger partial charge on any atom is 0.160 e. The maximum absolute atomic E-state index is 5.31. The molecule has 0 saturated heterocycles. The Balaban J connectivity index is 2.08. The second-order valence-electron chi connectivity index (χ2n) is 4.30. The van der Waals surface area contributed by atoms with Gasteiger partial charge in [-0.05, 0) is 42.7 Å². The largest absolute Gasteiger partial charge is 0.493 e. The molecule has 96 valence electrons. The summed E-state index contributed by atoms with van der Waals surface area (Å²) in [6.07, 6.45) is 4.10. The van der Waals surface area contributed by atoms with Crippen molar-refractivity contribution in [1.82, 2.24) is 4.57 Å². The van der Waals surface area contributed by atoms with Gasteiger partial charge < -0.3 is 14.0 Å². The third kappa shape index (κ3) is 2.67. The van der Waals surface area contributed by atoms with Crippen molar-refractivity contribution in [3.05, 3.63) is 47.8 Å². The van der Waals surface area contributed by atoms with Gasteiger partial charge in [-0.15, -0.1) is 0 Å². The molecular formula is C15H19NO2. The number of benzene rings is 1. The summed E-state index contributed by atoms with van der Waals surface area (Å²) in [4.78, 5) is 0. The van der Waals surface area contributed by atoms with Crippen LogP contribution in [0.4, 0.5) is 0 Å². The van der Waals surface area contributed by atoms with Gasteiger partial charge in [0.25, 0.3) is 0 Å². The molecule has 1 aromatic carbocycles. The van der Waals surface area contributed by atoms with Gasteiger partial charge in [0.1, 0.15) is 0 Å². The molecule has 0 spiro atoms. The topological polar surface area (TPSA) is 23.4 Å². The van der Waals surface area contributed by atoms with Gasteiger partial charge in [0.15, 0.2) is 11.5 Å². The van der Waals surface area contributed by atoms with Crippen molar-refractivity contribution in [3.63, 3.8) is 0 Å². The zero-order chi connectivity index (χ0) is 13.0. The molecule has 0 radical (unpaired) electrons. The first-order chi connectivity index (χ1) is 8.74. The lowest BCUT2D eigenvalue weighted by molar-refractivity contribution is 0.354. The minimum absolute atomic E-state index is 0.778. The highest BCUT2D eigenvalue weighted by Crippen LogP contribution is 2.27. The predicted octanol–water partition coefficient (Wildman–Crippen LogP) is 2.83. The number of methoxy groups -OCH3 is 2. The molecule has 0 aliphatic carbocycles. The highest BCUT2D eigenvalue weighted by atomic mass is 16.5. The second kappa shape index (κ2) is 5.63. The third-order valence-corrected chi connectivity index (χ3v) is 3.17. The molecule has 0 N–H and O–H groups in total. The van der Waals surface area contributed by atoms with Gasteiger partial charge in [-0.2, -0.15) is 0 Å². The SMILES string of the molecule is COc1ccc(CCc2cccn2C)cc1OC. The fourth-order valence-corrected chi connectivity index (χ4v) is 2.06. The van der Waals surface area contributed by atoms with Crippen LogP contribution >= 0.6 is 0 Å². The molecule has 1 heterocycles. The number of ether oxygens (including phenoxy) is 2. The summed E-state index contributed by atoms with van der Waals surface area (Å²) in [7, 11) is 5.39. The number of hydrogen-bond donors (Lipinski definition) is 0. The van der Waals surface area contributed by atoms with Gasteiger partial charge in [0.05, 0.1) is 14.2 Å². The number of aromatic nitrogens is 1. The molecule has 0 bridgehead atoms. The van der Waals surface area contributed by atoms with Crippen molar-refractivity contribution in [1.29, 1.82) is 0 Å². The summed E-state index contributed by atoms with van der Waals surface area (Å²) in [5.41, 5.74) is 2.60. The van der Waals surface area contributed by atoms with E-state index < -0.39 is 0 Å². The first-order valence-corrected chi connectivity index (χ1v) is 6.05. The van der Waals surface area contributed by atoms with Crippen LogP contribution in [-0.2, 0) is 19.9 Å². The molecular weight excluding hydrogens is 226 g/mol. The van der Waals surface area contributed by atoms with Crippen molar-refractivity contribution in [3.8, 4) is 11.5 Å². The zero-order valence-electron chi connectivity index (χ0n) is 11.1. The van der Waals surface area contributed by atoms with Crippen LogP contribution in [0.15, 0.2) is 36.5 Å². The normalized spacial score (nSPS) is 10.4. The lowest BCUT2D eigenvalue weighted by Gasteiger charge is -2.09. The van der Waals surface area contributed by atoms with E-state index >= 15 is 0 Å². The van der Waals surface area contributed by atoms with Gasteiger partial charge in [0, 0.05) is 18.9 Å². The molecule has 0 fully saturated rings. The van der Waals surface area contributed by atoms with Crippen LogP contribution in [0.25, 0.3) is 0 Å². The number of rotatable bonds is 5. The molecule has 1 aromatic heterocycles. The molecule has 18 heavy (non-hydrogen) atoms. The second-order valence-corrected chi connectivity index (χ2v) is 4.30. The Hall–Kier alpha value is -1.90. The lowest BCUT2D eigenvalue weighted by atomic mass is 10.1. The third-order valence-electron chi connectivity index (χ3n) is 3.17. The molecule has 2 aromatic rings. The highest BCUT2D eigenvalue weighted by Gasteiger charge is 2.05. The van der Waals surface area contributed by atoms with Crippen molar-refractivity contribution < 1.29 is 9.47 Å². The molecule has 0 atom stereocenters. The quantitative estimate of drug-likeness (QED) is 0.808. The molecule has 3 nitrogen and oxygen atoms in total. The zero-order valence-corrected chi connectivity index (χ0v) is 11.1. The number of aryl methyl sites for hydroxylation is 3. The van der Waals surface area contributed by atoms with Crippen LogP contribution in [0, 0.1) is 0 Å². The van der Waals surface area contributed by atoms with Crippen LogP contribution in [0.1, 0.15) is 11.3 Å². The fraction of sp³-hybridized carbons (Fsp3) is 0.333. The predicted molar refractivity (Wildman–Crippen MR) is 72.4 cm³/mol. The van der Waals surface area contributed by atoms with E-state index in [1.54, 1.807) is 14.2 Å². The Morgan fingerprint density at radius 1 is 1.00 bits per heavy atom. The Labute approximate surface area is 108 Å². The van der Waals surface area contributed by atoms with E-state index in [1.165, 1.54) is 11.3 Å². The first-order valence-electron chi connectivity index (χ1n) is 6.05. The summed E-state index contributed by atoms with van der Waals surface area (Å²) in [6.45, 7) is 0. The molecule has 0 aliphatic rings. The van der Waals surface area contributed by atoms with Gasteiger partial charge in [-0.25, -0.2) is 0 Å². The minimum Gasteiger partial charge on any atom is -0.493 e. The van der Waals surface area contributed by atoms with Crippen molar-refractivity contribution in [2.24, 2.45) is 7.05 Å². The van der Waals surface area contributed by atoms with Crippen molar-refractivity contribution in [2.45, 2.75) is 12.8 Å². The molecule has 0 aliphatic heterocycles. The van der Waals surface area contributed by atoms with Crippen molar-refractivity contribution in [2.75, 3.05) is 14.2 Å². The molecule has 0 saturated carbocycles. The Kier molecular flexibility index (Phi) is 3.92. The minimum atomic E-state index is 0.778. The van der Waals surface area contributed by atoms with E-state index in [2.05, 4.69) is 36.0 Å². The summed E-state index contributed by atoms with van der Waals surface area (Å²) in [5, 5.41) is 0. The van der Waals surface area contributed by atoms with Crippen LogP contribution in [0.3, 0.4) is 0 Å². The summed E-state index contributed by atoms with van der Waals surface area (Å²) < 4.78 is 12.7. The molecule has 0 amide bonds. The van der Waals surface area contributed by atoms with Gasteiger partial charge in [-0.3, -0.25) is 0 Å². The Bertz CT molecular complexity index is 517. The molecule has 3 heteroatoms. The van der Waals surface area contributed by atoms with Gasteiger partial charge in [-0.1, -0.05) is 6.07 Å². The monoisotopic (exact) mass is 245 g/mol. The summed E-state index contributed by atoms with van der Waals surface area (Å²) >= 11 is 0. The standard InChI is InChI=1S/C15H19NO2/c1-16-10-4-5-13(16)8-6-12-7-9-14(17-2)15(11-12)18-3/h4-5,7,9-11H,6,8H2,1-3H3. The fourth-order valence-electron chi connectivity index (χ4n) is 2.06. The van der Waals surface area contributed by atoms with E-state index in [0.717, 1.165) is 24.3 Å². The van der Waals surface area contributed by atoms with E-state index in [0.29, 0.717) is 0 Å². The number of nitrogens with zero attached hydrogens (tertiary/aromatic N) is 1. The van der Waals surface area contributed by atoms with E-state index in [1.807, 2.05) is 12.1 Å². The average molecular weight is 245 g/mol. The van der Waals surface area contributed by atoms with Crippen LogP contribution in [0.2, 0.25) is 0 Å². The van der Waals surface area contributed by atoms with E-state index in [4.69, 9.17) is 9.47 Å². The Morgan fingerprint density at radius 2 is 1.78 bits per heavy atom. The van der Waals surface area contributed by atoms with Crippen molar-refractivity contribution >= 4 is 0 Å².